The SMILES string of the molecule is Brc1ccsc1CN1CCC2CNCC2C1. The molecule has 88 valence electrons. The molecule has 3 heterocycles. The van der Waals surface area contributed by atoms with E-state index in [1.807, 2.05) is 11.3 Å². The van der Waals surface area contributed by atoms with E-state index < -0.39 is 0 Å². The molecule has 1 aromatic heterocycles. The van der Waals surface area contributed by atoms with E-state index in [-0.39, 0.29) is 0 Å². The van der Waals surface area contributed by atoms with Gasteiger partial charge in [-0.2, -0.15) is 0 Å². The fraction of sp³-hybridized carbons (Fsp3) is 0.667. The lowest BCUT2D eigenvalue weighted by atomic mass is 9.89. The van der Waals surface area contributed by atoms with Gasteiger partial charge in [-0.15, -0.1) is 11.3 Å². The van der Waals surface area contributed by atoms with Gasteiger partial charge in [-0.05, 0) is 65.3 Å². The van der Waals surface area contributed by atoms with Crippen LogP contribution in [0.5, 0.6) is 0 Å². The van der Waals surface area contributed by atoms with E-state index in [0.29, 0.717) is 0 Å². The Hall–Kier alpha value is 0.1000. The molecule has 4 heteroatoms. The monoisotopic (exact) mass is 300 g/mol. The van der Waals surface area contributed by atoms with E-state index in [0.717, 1.165) is 18.4 Å². The Bertz CT molecular complexity index is 366. The summed E-state index contributed by atoms with van der Waals surface area (Å²) >= 11 is 5.49. The number of nitrogens with zero attached hydrogens (tertiary/aromatic N) is 1. The Balaban J connectivity index is 1.62. The van der Waals surface area contributed by atoms with Crippen LogP contribution in [0.1, 0.15) is 11.3 Å². The fourth-order valence-electron chi connectivity index (χ4n) is 2.89. The van der Waals surface area contributed by atoms with Gasteiger partial charge in [0.1, 0.15) is 0 Å². The lowest BCUT2D eigenvalue weighted by Gasteiger charge is -2.34. The Kier molecular flexibility index (Phi) is 3.34. The zero-order valence-electron chi connectivity index (χ0n) is 9.29. The largest absolute Gasteiger partial charge is 0.316 e. The van der Waals surface area contributed by atoms with Gasteiger partial charge in [0.15, 0.2) is 0 Å². The molecule has 0 radical (unpaired) electrons. The van der Waals surface area contributed by atoms with Crippen molar-refractivity contribution in [1.82, 2.24) is 10.2 Å². The molecular formula is C12H17BrN2S. The van der Waals surface area contributed by atoms with E-state index in [1.165, 1.54) is 41.9 Å². The van der Waals surface area contributed by atoms with Crippen LogP contribution >= 0.6 is 27.3 Å². The molecule has 2 unspecified atom stereocenters. The number of thiophene rings is 1. The summed E-state index contributed by atoms with van der Waals surface area (Å²) in [5, 5.41) is 5.69. The summed E-state index contributed by atoms with van der Waals surface area (Å²) in [6.07, 6.45) is 1.38. The fourth-order valence-corrected chi connectivity index (χ4v) is 4.41. The first kappa shape index (κ1) is 11.2. The Morgan fingerprint density at radius 1 is 1.44 bits per heavy atom. The minimum atomic E-state index is 0.896. The van der Waals surface area contributed by atoms with Crippen molar-refractivity contribution in [2.45, 2.75) is 13.0 Å². The van der Waals surface area contributed by atoms with Crippen LogP contribution in [-0.4, -0.2) is 31.1 Å². The first-order valence-corrected chi connectivity index (χ1v) is 7.65. The molecule has 0 aromatic carbocycles. The third-order valence-corrected chi connectivity index (χ3v) is 5.76. The highest BCUT2D eigenvalue weighted by atomic mass is 79.9. The lowest BCUT2D eigenvalue weighted by Crippen LogP contribution is -2.39. The van der Waals surface area contributed by atoms with Crippen molar-refractivity contribution in [3.8, 4) is 0 Å². The maximum atomic E-state index is 3.62. The number of rotatable bonds is 2. The molecule has 1 aromatic rings. The van der Waals surface area contributed by atoms with E-state index in [4.69, 9.17) is 0 Å². The van der Waals surface area contributed by atoms with Gasteiger partial charge in [0.05, 0.1) is 0 Å². The molecule has 1 N–H and O–H groups in total. The molecule has 2 atom stereocenters. The van der Waals surface area contributed by atoms with Crippen molar-refractivity contribution in [3.63, 3.8) is 0 Å². The normalized spacial score (nSPS) is 30.6. The quantitative estimate of drug-likeness (QED) is 0.903. The van der Waals surface area contributed by atoms with Gasteiger partial charge in [0, 0.05) is 22.4 Å². The molecule has 0 aliphatic carbocycles. The zero-order valence-corrected chi connectivity index (χ0v) is 11.7. The van der Waals surface area contributed by atoms with E-state index in [1.54, 1.807) is 0 Å². The van der Waals surface area contributed by atoms with Gasteiger partial charge >= 0.3 is 0 Å². The topological polar surface area (TPSA) is 15.3 Å². The van der Waals surface area contributed by atoms with Crippen molar-refractivity contribution < 1.29 is 0 Å². The van der Waals surface area contributed by atoms with Gasteiger partial charge < -0.3 is 5.32 Å². The number of nitrogens with one attached hydrogen (secondary N) is 1. The van der Waals surface area contributed by atoms with Crippen LogP contribution in [0, 0.1) is 11.8 Å². The molecule has 2 saturated heterocycles. The molecule has 2 aliphatic rings. The second-order valence-corrected chi connectivity index (χ2v) is 6.75. The van der Waals surface area contributed by atoms with Crippen LogP contribution in [0.25, 0.3) is 0 Å². The molecule has 3 rings (SSSR count). The van der Waals surface area contributed by atoms with Crippen LogP contribution in [0.4, 0.5) is 0 Å². The van der Waals surface area contributed by atoms with Crippen LogP contribution in [0.3, 0.4) is 0 Å². The van der Waals surface area contributed by atoms with Gasteiger partial charge in [-0.3, -0.25) is 4.90 Å². The lowest BCUT2D eigenvalue weighted by molar-refractivity contribution is 0.143. The summed E-state index contributed by atoms with van der Waals surface area (Å²) in [4.78, 5) is 4.09. The van der Waals surface area contributed by atoms with Crippen LogP contribution < -0.4 is 5.32 Å². The average molecular weight is 301 g/mol. The van der Waals surface area contributed by atoms with Gasteiger partial charge in [-0.1, -0.05) is 0 Å². The molecule has 0 amide bonds. The summed E-state index contributed by atoms with van der Waals surface area (Å²) in [6.45, 7) is 6.16. The molecule has 16 heavy (non-hydrogen) atoms. The number of piperidine rings is 1. The molecule has 0 bridgehead atoms. The van der Waals surface area contributed by atoms with Gasteiger partial charge in [0.2, 0.25) is 0 Å². The summed E-state index contributed by atoms with van der Waals surface area (Å²) in [7, 11) is 0. The highest BCUT2D eigenvalue weighted by Crippen LogP contribution is 2.30. The summed E-state index contributed by atoms with van der Waals surface area (Å²) in [5.74, 6) is 1.84. The summed E-state index contributed by atoms with van der Waals surface area (Å²) < 4.78 is 1.28. The minimum Gasteiger partial charge on any atom is -0.316 e. The van der Waals surface area contributed by atoms with Crippen molar-refractivity contribution in [3.05, 3.63) is 20.8 Å². The predicted molar refractivity (Wildman–Crippen MR) is 71.8 cm³/mol. The Morgan fingerprint density at radius 2 is 2.31 bits per heavy atom. The Labute approximate surface area is 109 Å². The minimum absolute atomic E-state index is 0.896. The summed E-state index contributed by atoms with van der Waals surface area (Å²) in [6, 6.07) is 2.16. The summed E-state index contributed by atoms with van der Waals surface area (Å²) in [5.41, 5.74) is 0. The van der Waals surface area contributed by atoms with Crippen LogP contribution in [0.15, 0.2) is 15.9 Å². The second kappa shape index (κ2) is 4.77. The zero-order chi connectivity index (χ0) is 11.0. The highest BCUT2D eigenvalue weighted by Gasteiger charge is 2.32. The van der Waals surface area contributed by atoms with E-state index in [2.05, 4.69) is 37.6 Å². The Morgan fingerprint density at radius 3 is 3.12 bits per heavy atom. The molecule has 0 spiro atoms. The molecule has 2 aliphatic heterocycles. The predicted octanol–water partition coefficient (Wildman–Crippen LogP) is 2.55. The first-order chi connectivity index (χ1) is 7.83. The average Bonchev–Trinajstić information content (AvgIpc) is 2.88. The van der Waals surface area contributed by atoms with Crippen LogP contribution in [0.2, 0.25) is 0 Å². The third kappa shape index (κ3) is 2.21. The van der Waals surface area contributed by atoms with Gasteiger partial charge in [-0.25, -0.2) is 0 Å². The number of halogens is 1. The van der Waals surface area contributed by atoms with Crippen molar-refractivity contribution >= 4 is 27.3 Å². The van der Waals surface area contributed by atoms with E-state index >= 15 is 0 Å². The van der Waals surface area contributed by atoms with Crippen LogP contribution in [-0.2, 0) is 6.54 Å². The van der Waals surface area contributed by atoms with Crippen molar-refractivity contribution in [2.24, 2.45) is 11.8 Å². The highest BCUT2D eigenvalue weighted by molar-refractivity contribution is 9.10. The molecule has 2 fully saturated rings. The molecule has 0 saturated carbocycles. The van der Waals surface area contributed by atoms with Crippen molar-refractivity contribution in [1.29, 1.82) is 0 Å². The smallest absolute Gasteiger partial charge is 0.0339 e. The van der Waals surface area contributed by atoms with Gasteiger partial charge in [0.25, 0.3) is 0 Å². The third-order valence-electron chi connectivity index (χ3n) is 3.85. The standard InChI is InChI=1S/C12H17BrN2S/c13-11-2-4-16-12(11)8-15-3-1-9-5-14-6-10(9)7-15/h2,4,9-10,14H,1,3,5-8H2. The van der Waals surface area contributed by atoms with Crippen molar-refractivity contribution in [2.75, 3.05) is 26.2 Å². The maximum Gasteiger partial charge on any atom is 0.0339 e. The number of hydrogen-bond acceptors (Lipinski definition) is 3. The maximum absolute atomic E-state index is 3.62. The number of likely N-dealkylation sites (tertiary alicyclic amines) is 1. The molecular weight excluding hydrogens is 284 g/mol. The first-order valence-electron chi connectivity index (χ1n) is 5.98. The number of fused-ring (bicyclic) bond motifs is 1. The number of hydrogen-bond donors (Lipinski definition) is 1. The second-order valence-electron chi connectivity index (χ2n) is 4.89. The van der Waals surface area contributed by atoms with E-state index in [9.17, 15) is 0 Å². The molecule has 2 nitrogen and oxygen atoms in total.